The Morgan fingerprint density at radius 1 is 1.14 bits per heavy atom. The molecule has 0 radical (unpaired) electrons. The van der Waals surface area contributed by atoms with Crippen LogP contribution in [0, 0.1) is 10.1 Å². The van der Waals surface area contributed by atoms with Gasteiger partial charge >= 0.3 is 0 Å². The fourth-order valence-electron chi connectivity index (χ4n) is 2.66. The van der Waals surface area contributed by atoms with E-state index in [1.165, 1.54) is 41.4 Å². The van der Waals surface area contributed by atoms with Crippen LogP contribution in [0.5, 0.6) is 0 Å². The number of anilines is 1. The Bertz CT molecular complexity index is 701. The van der Waals surface area contributed by atoms with E-state index in [0.717, 1.165) is 11.3 Å². The number of nitrogens with two attached hydrogens (primary N) is 1. The number of nitro benzene ring substituents is 1. The molecule has 108 valence electrons. The molecule has 0 aliphatic heterocycles. The van der Waals surface area contributed by atoms with E-state index in [1.807, 2.05) is 0 Å². The molecule has 2 N–H and O–H groups in total. The Hall–Kier alpha value is -2.01. The van der Waals surface area contributed by atoms with Crippen molar-refractivity contribution in [3.05, 3.63) is 63.2 Å². The molecular formula is C16H16N2O2S. The van der Waals surface area contributed by atoms with E-state index in [4.69, 9.17) is 5.73 Å². The molecule has 0 saturated carbocycles. The van der Waals surface area contributed by atoms with Gasteiger partial charge in [0.25, 0.3) is 5.69 Å². The quantitative estimate of drug-likeness (QED) is 0.401. The predicted octanol–water partition coefficient (Wildman–Crippen LogP) is 3.96. The molecule has 21 heavy (non-hydrogen) atoms. The summed E-state index contributed by atoms with van der Waals surface area (Å²) >= 11 is 1.74. The molecule has 2 aromatic rings. The number of benzene rings is 2. The van der Waals surface area contributed by atoms with Crippen molar-refractivity contribution in [2.75, 3.05) is 5.73 Å². The van der Waals surface area contributed by atoms with Crippen LogP contribution in [0.25, 0.3) is 0 Å². The van der Waals surface area contributed by atoms with Crippen LogP contribution in [-0.2, 0) is 18.6 Å². The van der Waals surface area contributed by atoms with Crippen molar-refractivity contribution in [2.45, 2.75) is 29.9 Å². The topological polar surface area (TPSA) is 69.2 Å². The van der Waals surface area contributed by atoms with Gasteiger partial charge in [0.2, 0.25) is 0 Å². The molecule has 0 spiro atoms. The van der Waals surface area contributed by atoms with E-state index < -0.39 is 4.92 Å². The zero-order valence-electron chi connectivity index (χ0n) is 11.5. The molecule has 4 nitrogen and oxygen atoms in total. The minimum atomic E-state index is -0.452. The summed E-state index contributed by atoms with van der Waals surface area (Å²) in [7, 11) is 0. The zero-order valence-corrected chi connectivity index (χ0v) is 12.4. The van der Waals surface area contributed by atoms with Gasteiger partial charge in [-0.1, -0.05) is 12.1 Å². The van der Waals surface area contributed by atoms with Crippen LogP contribution in [0.3, 0.4) is 0 Å². The first-order chi connectivity index (χ1) is 10.1. The Morgan fingerprint density at radius 2 is 1.95 bits per heavy atom. The number of aryl methyl sites for hydroxylation is 2. The molecule has 0 bridgehead atoms. The number of nitro groups is 1. The van der Waals surface area contributed by atoms with Crippen molar-refractivity contribution in [3.8, 4) is 0 Å². The zero-order chi connectivity index (χ0) is 14.8. The summed E-state index contributed by atoms with van der Waals surface area (Å²) in [4.78, 5) is 11.5. The summed E-state index contributed by atoms with van der Waals surface area (Å²) in [5, 5.41) is 10.7. The van der Waals surface area contributed by atoms with Crippen LogP contribution < -0.4 is 5.73 Å². The van der Waals surface area contributed by atoms with E-state index in [-0.39, 0.29) is 11.4 Å². The number of hydrogen-bond donors (Lipinski definition) is 1. The Morgan fingerprint density at radius 3 is 2.71 bits per heavy atom. The molecule has 0 unspecified atom stereocenters. The Balaban J connectivity index is 1.70. The van der Waals surface area contributed by atoms with Crippen LogP contribution in [-0.4, -0.2) is 4.92 Å². The molecule has 5 heteroatoms. The largest absolute Gasteiger partial charge is 0.393 e. The van der Waals surface area contributed by atoms with Gasteiger partial charge < -0.3 is 5.73 Å². The molecule has 0 saturated heterocycles. The molecule has 2 aromatic carbocycles. The number of rotatable bonds is 4. The fourth-order valence-corrected chi connectivity index (χ4v) is 3.57. The van der Waals surface area contributed by atoms with E-state index in [2.05, 4.69) is 18.2 Å². The maximum Gasteiger partial charge on any atom is 0.292 e. The SMILES string of the molecule is Nc1cc(CSc2ccc3c(c2)CCC3)ccc1[N+](=O)[O-]. The summed E-state index contributed by atoms with van der Waals surface area (Å²) in [6.07, 6.45) is 3.62. The summed E-state index contributed by atoms with van der Waals surface area (Å²) in [6.45, 7) is 0. The third-order valence-electron chi connectivity index (χ3n) is 3.76. The normalized spacial score (nSPS) is 13.1. The van der Waals surface area contributed by atoms with E-state index in [1.54, 1.807) is 23.9 Å². The lowest BCUT2D eigenvalue weighted by molar-refractivity contribution is -0.383. The number of thioether (sulfide) groups is 1. The Kier molecular flexibility index (Phi) is 3.84. The van der Waals surface area contributed by atoms with Crippen molar-refractivity contribution in [1.82, 2.24) is 0 Å². The number of nitrogens with zero attached hydrogens (tertiary/aromatic N) is 1. The molecule has 0 atom stereocenters. The van der Waals surface area contributed by atoms with Crippen LogP contribution in [0.1, 0.15) is 23.1 Å². The first-order valence-electron chi connectivity index (χ1n) is 6.91. The average Bonchev–Trinajstić information content (AvgIpc) is 2.92. The van der Waals surface area contributed by atoms with Gasteiger partial charge in [0.1, 0.15) is 5.69 Å². The molecule has 1 aliphatic rings. The maximum absolute atomic E-state index is 10.7. The second kappa shape index (κ2) is 5.77. The highest BCUT2D eigenvalue weighted by Gasteiger charge is 2.13. The van der Waals surface area contributed by atoms with Crippen LogP contribution in [0.2, 0.25) is 0 Å². The van der Waals surface area contributed by atoms with Crippen LogP contribution in [0.15, 0.2) is 41.3 Å². The Labute approximate surface area is 127 Å². The smallest absolute Gasteiger partial charge is 0.292 e. The number of fused-ring (bicyclic) bond motifs is 1. The van der Waals surface area contributed by atoms with Gasteiger partial charge in [0, 0.05) is 16.7 Å². The van der Waals surface area contributed by atoms with Crippen molar-refractivity contribution < 1.29 is 4.92 Å². The monoisotopic (exact) mass is 300 g/mol. The molecule has 0 heterocycles. The minimum Gasteiger partial charge on any atom is -0.393 e. The molecule has 1 aliphatic carbocycles. The minimum absolute atomic E-state index is 0.0266. The summed E-state index contributed by atoms with van der Waals surface area (Å²) in [5.74, 6) is 0.765. The highest BCUT2D eigenvalue weighted by Crippen LogP contribution is 2.30. The van der Waals surface area contributed by atoms with Gasteiger partial charge in [-0.05, 0) is 54.2 Å². The van der Waals surface area contributed by atoms with Gasteiger partial charge in [-0.25, -0.2) is 0 Å². The number of nitrogen functional groups attached to an aromatic ring is 1. The first kappa shape index (κ1) is 13.9. The third-order valence-corrected chi connectivity index (χ3v) is 4.83. The van der Waals surface area contributed by atoms with Crippen molar-refractivity contribution in [1.29, 1.82) is 0 Å². The lowest BCUT2D eigenvalue weighted by atomic mass is 10.1. The van der Waals surface area contributed by atoms with Crippen LogP contribution >= 0.6 is 11.8 Å². The second-order valence-electron chi connectivity index (χ2n) is 5.22. The second-order valence-corrected chi connectivity index (χ2v) is 6.27. The summed E-state index contributed by atoms with van der Waals surface area (Å²) in [6, 6.07) is 11.6. The van der Waals surface area contributed by atoms with Gasteiger partial charge in [-0.15, -0.1) is 11.8 Å². The van der Waals surface area contributed by atoms with Gasteiger partial charge in [0.15, 0.2) is 0 Å². The first-order valence-corrected chi connectivity index (χ1v) is 7.89. The third kappa shape index (κ3) is 3.03. The predicted molar refractivity (Wildman–Crippen MR) is 85.5 cm³/mol. The lowest BCUT2D eigenvalue weighted by Gasteiger charge is -2.06. The standard InChI is InChI=1S/C16H16N2O2S/c17-15-8-11(4-7-16(15)18(19)20)10-21-14-6-5-12-2-1-3-13(12)9-14/h4-9H,1-3,10,17H2. The number of hydrogen-bond acceptors (Lipinski definition) is 4. The van der Waals surface area contributed by atoms with Crippen LogP contribution in [0.4, 0.5) is 11.4 Å². The fraction of sp³-hybridized carbons (Fsp3) is 0.250. The highest BCUT2D eigenvalue weighted by atomic mass is 32.2. The molecule has 3 rings (SSSR count). The van der Waals surface area contributed by atoms with E-state index in [0.29, 0.717) is 0 Å². The van der Waals surface area contributed by atoms with Crippen molar-refractivity contribution >= 4 is 23.1 Å². The molecule has 0 amide bonds. The van der Waals surface area contributed by atoms with Gasteiger partial charge in [-0.2, -0.15) is 0 Å². The van der Waals surface area contributed by atoms with Crippen molar-refractivity contribution in [3.63, 3.8) is 0 Å². The molecule has 0 aromatic heterocycles. The maximum atomic E-state index is 10.7. The average molecular weight is 300 g/mol. The van der Waals surface area contributed by atoms with Crippen molar-refractivity contribution in [2.24, 2.45) is 0 Å². The summed E-state index contributed by atoms with van der Waals surface area (Å²) < 4.78 is 0. The molecule has 0 fully saturated rings. The van der Waals surface area contributed by atoms with Gasteiger partial charge in [0.05, 0.1) is 4.92 Å². The summed E-state index contributed by atoms with van der Waals surface area (Å²) in [5.41, 5.74) is 9.85. The lowest BCUT2D eigenvalue weighted by Crippen LogP contribution is -1.96. The van der Waals surface area contributed by atoms with Gasteiger partial charge in [-0.3, -0.25) is 10.1 Å². The molecular weight excluding hydrogens is 284 g/mol. The van der Waals surface area contributed by atoms with E-state index in [9.17, 15) is 10.1 Å². The van der Waals surface area contributed by atoms with E-state index >= 15 is 0 Å². The highest BCUT2D eigenvalue weighted by molar-refractivity contribution is 7.98.